The van der Waals surface area contributed by atoms with Gasteiger partial charge in [-0.3, -0.25) is 9.52 Å². The van der Waals surface area contributed by atoms with Crippen molar-refractivity contribution >= 4 is 28.5 Å². The number of benzene rings is 2. The highest BCUT2D eigenvalue weighted by molar-refractivity contribution is 7.84. The SMILES string of the molecule is O=C1NS(=O)c2ccc(-c3ccc(C(F)(F)F)cc3Cl)cc21. The van der Waals surface area contributed by atoms with Crippen molar-refractivity contribution in [3.05, 3.63) is 52.5 Å². The molecule has 8 heteroatoms. The lowest BCUT2D eigenvalue weighted by Crippen LogP contribution is -2.15. The number of rotatable bonds is 1. The van der Waals surface area contributed by atoms with Crippen molar-refractivity contribution in [3.63, 3.8) is 0 Å². The van der Waals surface area contributed by atoms with Crippen LogP contribution in [-0.4, -0.2) is 10.1 Å². The normalized spacial score (nSPS) is 17.3. The standard InChI is InChI=1S/C14H7ClF3NO2S/c15-11-6-8(14(16,17)18)2-3-9(11)7-1-4-12-10(5-7)13(20)19-22(12)21/h1-6H,(H,19,20). The summed E-state index contributed by atoms with van der Waals surface area (Å²) < 4.78 is 51.7. The molecule has 22 heavy (non-hydrogen) atoms. The zero-order chi connectivity index (χ0) is 16.1. The zero-order valence-corrected chi connectivity index (χ0v) is 12.3. The van der Waals surface area contributed by atoms with E-state index >= 15 is 0 Å². The maximum absolute atomic E-state index is 12.6. The van der Waals surface area contributed by atoms with E-state index in [-0.39, 0.29) is 10.6 Å². The van der Waals surface area contributed by atoms with Crippen LogP contribution in [-0.2, 0) is 17.2 Å². The highest BCUT2D eigenvalue weighted by Crippen LogP contribution is 2.36. The van der Waals surface area contributed by atoms with Crippen LogP contribution < -0.4 is 4.72 Å². The Kier molecular flexibility index (Phi) is 3.49. The van der Waals surface area contributed by atoms with Crippen molar-refractivity contribution in [2.45, 2.75) is 11.1 Å². The first-order chi connectivity index (χ1) is 10.3. The van der Waals surface area contributed by atoms with Gasteiger partial charge in [-0.15, -0.1) is 0 Å². The molecule has 2 aromatic carbocycles. The number of carbonyl (C=O) groups excluding carboxylic acids is 1. The number of halogens is 4. The predicted molar refractivity (Wildman–Crippen MR) is 75.8 cm³/mol. The summed E-state index contributed by atoms with van der Waals surface area (Å²) in [6.07, 6.45) is -4.48. The van der Waals surface area contributed by atoms with Crippen molar-refractivity contribution in [2.75, 3.05) is 0 Å². The van der Waals surface area contributed by atoms with Crippen LogP contribution in [0.4, 0.5) is 13.2 Å². The summed E-state index contributed by atoms with van der Waals surface area (Å²) in [5, 5.41) is -0.0747. The number of fused-ring (bicyclic) bond motifs is 1. The van der Waals surface area contributed by atoms with Crippen molar-refractivity contribution in [2.24, 2.45) is 0 Å². The summed E-state index contributed by atoms with van der Waals surface area (Å²) in [7, 11) is -1.59. The quantitative estimate of drug-likeness (QED) is 0.854. The molecule has 2 aromatic rings. The lowest BCUT2D eigenvalue weighted by molar-refractivity contribution is -0.137. The molecule has 3 nitrogen and oxygen atoms in total. The van der Waals surface area contributed by atoms with E-state index in [1.165, 1.54) is 18.2 Å². The Morgan fingerprint density at radius 1 is 1.05 bits per heavy atom. The smallest absolute Gasteiger partial charge is 0.268 e. The van der Waals surface area contributed by atoms with Gasteiger partial charge in [0.1, 0.15) is 0 Å². The second-order valence-electron chi connectivity index (χ2n) is 4.60. The Labute approximate surface area is 130 Å². The van der Waals surface area contributed by atoms with E-state index in [2.05, 4.69) is 4.72 Å². The van der Waals surface area contributed by atoms with Crippen LogP contribution in [0.15, 0.2) is 41.3 Å². The topological polar surface area (TPSA) is 46.2 Å². The van der Waals surface area contributed by atoms with Crippen molar-refractivity contribution in [3.8, 4) is 11.1 Å². The molecular weight excluding hydrogens is 339 g/mol. The third kappa shape index (κ3) is 2.50. The molecule has 0 radical (unpaired) electrons. The van der Waals surface area contributed by atoms with Crippen LogP contribution in [0.1, 0.15) is 15.9 Å². The van der Waals surface area contributed by atoms with E-state index in [0.717, 1.165) is 12.1 Å². The van der Waals surface area contributed by atoms with Crippen LogP contribution >= 0.6 is 11.6 Å². The molecule has 0 saturated heterocycles. The molecule has 0 spiro atoms. The number of hydrogen-bond donors (Lipinski definition) is 1. The van der Waals surface area contributed by atoms with Crippen LogP contribution in [0.2, 0.25) is 5.02 Å². The van der Waals surface area contributed by atoms with Gasteiger partial charge in [0.25, 0.3) is 5.91 Å². The molecule has 0 aromatic heterocycles. The fourth-order valence-corrected chi connectivity index (χ4v) is 3.38. The minimum absolute atomic E-state index is 0.0747. The number of hydrogen-bond acceptors (Lipinski definition) is 2. The Morgan fingerprint density at radius 3 is 2.41 bits per heavy atom. The minimum atomic E-state index is -4.48. The highest BCUT2D eigenvalue weighted by Gasteiger charge is 2.31. The maximum atomic E-state index is 12.6. The molecule has 0 fully saturated rings. The molecule has 114 valence electrons. The van der Waals surface area contributed by atoms with E-state index < -0.39 is 28.6 Å². The zero-order valence-electron chi connectivity index (χ0n) is 10.7. The minimum Gasteiger partial charge on any atom is -0.268 e. The lowest BCUT2D eigenvalue weighted by Gasteiger charge is -2.10. The van der Waals surface area contributed by atoms with Gasteiger partial charge in [-0.1, -0.05) is 23.7 Å². The average Bonchev–Trinajstić information content (AvgIpc) is 2.72. The van der Waals surface area contributed by atoms with E-state index in [0.29, 0.717) is 16.0 Å². The molecule has 0 saturated carbocycles. The number of carbonyl (C=O) groups is 1. The Bertz CT molecular complexity index is 820. The molecular formula is C14H7ClF3NO2S. The highest BCUT2D eigenvalue weighted by atomic mass is 35.5. The number of nitrogens with one attached hydrogen (secondary N) is 1. The predicted octanol–water partition coefficient (Wildman–Crippen LogP) is 3.79. The largest absolute Gasteiger partial charge is 0.416 e. The third-order valence-electron chi connectivity index (χ3n) is 3.22. The van der Waals surface area contributed by atoms with Gasteiger partial charge in [-0.25, -0.2) is 4.21 Å². The fraction of sp³-hybridized carbons (Fsp3) is 0.0714. The van der Waals surface area contributed by atoms with E-state index in [1.54, 1.807) is 6.07 Å². The first-order valence-corrected chi connectivity index (χ1v) is 7.54. The summed E-state index contributed by atoms with van der Waals surface area (Å²) in [4.78, 5) is 12.0. The summed E-state index contributed by atoms with van der Waals surface area (Å²) in [6, 6.07) is 7.52. The van der Waals surface area contributed by atoms with Gasteiger partial charge >= 0.3 is 6.18 Å². The Morgan fingerprint density at radius 2 is 1.77 bits per heavy atom. The van der Waals surface area contributed by atoms with Gasteiger partial charge in [-0.05, 0) is 29.8 Å². The molecule has 1 N–H and O–H groups in total. The second kappa shape index (κ2) is 5.10. The van der Waals surface area contributed by atoms with Crippen molar-refractivity contribution in [1.29, 1.82) is 0 Å². The van der Waals surface area contributed by atoms with Gasteiger partial charge in [0.05, 0.1) is 16.0 Å². The van der Waals surface area contributed by atoms with Crippen molar-refractivity contribution in [1.82, 2.24) is 4.72 Å². The monoisotopic (exact) mass is 345 g/mol. The summed E-state index contributed by atoms with van der Waals surface area (Å²) >= 11 is 5.93. The first kappa shape index (κ1) is 15.1. The average molecular weight is 346 g/mol. The summed E-state index contributed by atoms with van der Waals surface area (Å²) in [6.45, 7) is 0. The van der Waals surface area contributed by atoms with Gasteiger partial charge in [0.15, 0.2) is 11.0 Å². The van der Waals surface area contributed by atoms with Gasteiger partial charge in [0, 0.05) is 10.6 Å². The number of alkyl halides is 3. The van der Waals surface area contributed by atoms with Crippen LogP contribution in [0, 0.1) is 0 Å². The number of amides is 1. The van der Waals surface area contributed by atoms with Crippen LogP contribution in [0.5, 0.6) is 0 Å². The molecule has 1 heterocycles. The van der Waals surface area contributed by atoms with E-state index in [1.807, 2.05) is 0 Å². The summed E-state index contributed by atoms with van der Waals surface area (Å²) in [5.41, 5.74) is 0.225. The van der Waals surface area contributed by atoms with E-state index in [9.17, 15) is 22.2 Å². The molecule has 1 aliphatic rings. The van der Waals surface area contributed by atoms with Crippen LogP contribution in [0.3, 0.4) is 0 Å². The molecule has 3 rings (SSSR count). The maximum Gasteiger partial charge on any atom is 0.416 e. The van der Waals surface area contributed by atoms with Crippen molar-refractivity contribution < 1.29 is 22.2 Å². The molecule has 1 aliphatic heterocycles. The molecule has 0 bridgehead atoms. The third-order valence-corrected chi connectivity index (χ3v) is 4.66. The second-order valence-corrected chi connectivity index (χ2v) is 6.19. The van der Waals surface area contributed by atoms with Crippen LogP contribution in [0.25, 0.3) is 11.1 Å². The molecule has 0 aliphatic carbocycles. The first-order valence-electron chi connectivity index (χ1n) is 6.01. The van der Waals surface area contributed by atoms with Gasteiger partial charge < -0.3 is 0 Å². The van der Waals surface area contributed by atoms with E-state index in [4.69, 9.17) is 11.6 Å². The molecule has 1 atom stereocenters. The summed E-state index contributed by atoms with van der Waals surface area (Å²) in [5.74, 6) is -0.488. The Balaban J connectivity index is 2.08. The van der Waals surface area contributed by atoms with Gasteiger partial charge in [0.2, 0.25) is 0 Å². The Hall–Kier alpha value is -1.86. The molecule has 1 amide bonds. The molecule has 1 unspecified atom stereocenters. The van der Waals surface area contributed by atoms with Gasteiger partial charge in [-0.2, -0.15) is 13.2 Å². The fourth-order valence-electron chi connectivity index (χ4n) is 2.16. The lowest BCUT2D eigenvalue weighted by atomic mass is 10.0.